The number of benzene rings is 2. The average Bonchev–Trinajstić information content (AvgIpc) is 3.47. The summed E-state index contributed by atoms with van der Waals surface area (Å²) in [7, 11) is -3.58. The number of anilines is 1. The lowest BCUT2D eigenvalue weighted by atomic mass is 9.87. The number of amides is 1. The normalized spacial score (nSPS) is 15.0. The van der Waals surface area contributed by atoms with Crippen LogP contribution in [-0.4, -0.2) is 41.5 Å². The van der Waals surface area contributed by atoms with Crippen molar-refractivity contribution < 1.29 is 13.2 Å². The fraction of sp³-hybridized carbons (Fsp3) is 0.360. The highest BCUT2D eigenvalue weighted by Crippen LogP contribution is 2.24. The molecule has 1 aliphatic heterocycles. The summed E-state index contributed by atoms with van der Waals surface area (Å²) in [6.45, 7) is 8.08. The molecule has 0 atom stereocenters. The molecular formula is C25H30N4O3S. The van der Waals surface area contributed by atoms with E-state index in [1.165, 1.54) is 22.0 Å². The molecule has 4 rings (SSSR count). The maximum Gasteiger partial charge on any atom is 0.256 e. The molecule has 7 nitrogen and oxygen atoms in total. The van der Waals surface area contributed by atoms with Gasteiger partial charge in [-0.25, -0.2) is 13.1 Å². The van der Waals surface area contributed by atoms with E-state index in [9.17, 15) is 13.2 Å². The fourth-order valence-electron chi connectivity index (χ4n) is 3.91. The van der Waals surface area contributed by atoms with Crippen LogP contribution >= 0.6 is 0 Å². The van der Waals surface area contributed by atoms with Crippen LogP contribution in [0.5, 0.6) is 0 Å². The quantitative estimate of drug-likeness (QED) is 0.588. The molecule has 1 saturated heterocycles. The van der Waals surface area contributed by atoms with Crippen LogP contribution in [0.4, 0.5) is 5.82 Å². The predicted octanol–water partition coefficient (Wildman–Crippen LogP) is 4.27. The van der Waals surface area contributed by atoms with E-state index in [1.54, 1.807) is 29.1 Å². The minimum absolute atomic E-state index is 0.0835. The van der Waals surface area contributed by atoms with E-state index in [2.05, 4.69) is 55.5 Å². The third-order valence-electron chi connectivity index (χ3n) is 5.91. The van der Waals surface area contributed by atoms with Gasteiger partial charge in [-0.1, -0.05) is 51.1 Å². The number of nitrogens with one attached hydrogen (secondary N) is 1. The first-order chi connectivity index (χ1) is 15.6. The van der Waals surface area contributed by atoms with Crippen LogP contribution < -0.4 is 5.32 Å². The van der Waals surface area contributed by atoms with Crippen molar-refractivity contribution in [2.75, 3.05) is 18.4 Å². The molecule has 1 aromatic heterocycles. The molecule has 1 fully saturated rings. The molecule has 1 N–H and O–H groups in total. The number of nitrogens with zero attached hydrogens (tertiary/aromatic N) is 3. The highest BCUT2D eigenvalue weighted by Gasteiger charge is 2.27. The monoisotopic (exact) mass is 466 g/mol. The van der Waals surface area contributed by atoms with Crippen molar-refractivity contribution in [3.05, 3.63) is 77.5 Å². The van der Waals surface area contributed by atoms with E-state index in [-0.39, 0.29) is 21.8 Å². The first-order valence-corrected chi connectivity index (χ1v) is 12.6. The van der Waals surface area contributed by atoms with Gasteiger partial charge in [-0.05, 0) is 47.6 Å². The Morgan fingerprint density at radius 2 is 1.73 bits per heavy atom. The van der Waals surface area contributed by atoms with Crippen LogP contribution in [0.15, 0.2) is 65.7 Å². The largest absolute Gasteiger partial charge is 0.307 e. The molecule has 1 aliphatic rings. The summed E-state index contributed by atoms with van der Waals surface area (Å²) in [5.41, 5.74) is 2.70. The van der Waals surface area contributed by atoms with Gasteiger partial charge in [0.25, 0.3) is 5.91 Å². The highest BCUT2D eigenvalue weighted by atomic mass is 32.2. The van der Waals surface area contributed by atoms with Gasteiger partial charge in [-0.15, -0.1) is 0 Å². The summed E-state index contributed by atoms with van der Waals surface area (Å²) in [5.74, 6) is 0.172. The van der Waals surface area contributed by atoms with Crippen molar-refractivity contribution in [2.45, 2.75) is 50.5 Å². The van der Waals surface area contributed by atoms with Gasteiger partial charge in [0.05, 0.1) is 17.6 Å². The molecule has 0 unspecified atom stereocenters. The van der Waals surface area contributed by atoms with Crippen LogP contribution in [0.1, 0.15) is 55.1 Å². The Morgan fingerprint density at radius 3 is 2.39 bits per heavy atom. The zero-order valence-corrected chi connectivity index (χ0v) is 20.1. The summed E-state index contributed by atoms with van der Waals surface area (Å²) in [6.07, 6.45) is 3.36. The third kappa shape index (κ3) is 5.17. The van der Waals surface area contributed by atoms with E-state index in [1.807, 2.05) is 0 Å². The van der Waals surface area contributed by atoms with Crippen molar-refractivity contribution in [2.24, 2.45) is 0 Å². The van der Waals surface area contributed by atoms with Gasteiger partial charge >= 0.3 is 0 Å². The zero-order valence-electron chi connectivity index (χ0n) is 19.3. The third-order valence-corrected chi connectivity index (χ3v) is 7.80. The van der Waals surface area contributed by atoms with Gasteiger partial charge in [0.2, 0.25) is 10.0 Å². The number of carbonyl (C=O) groups is 1. The van der Waals surface area contributed by atoms with E-state index < -0.39 is 10.0 Å². The van der Waals surface area contributed by atoms with Crippen LogP contribution in [0.2, 0.25) is 0 Å². The minimum Gasteiger partial charge on any atom is -0.307 e. The lowest BCUT2D eigenvalue weighted by molar-refractivity contribution is 0.102. The summed E-state index contributed by atoms with van der Waals surface area (Å²) < 4.78 is 28.9. The van der Waals surface area contributed by atoms with E-state index in [4.69, 9.17) is 0 Å². The van der Waals surface area contributed by atoms with E-state index in [0.717, 1.165) is 18.4 Å². The van der Waals surface area contributed by atoms with Crippen LogP contribution in [-0.2, 0) is 22.0 Å². The molecule has 2 heterocycles. The lowest BCUT2D eigenvalue weighted by Gasteiger charge is -2.19. The van der Waals surface area contributed by atoms with E-state index in [0.29, 0.717) is 25.5 Å². The molecule has 0 saturated carbocycles. The Morgan fingerprint density at radius 1 is 1.03 bits per heavy atom. The molecule has 174 valence electrons. The first kappa shape index (κ1) is 23.2. The Hall–Kier alpha value is -2.97. The first-order valence-electron chi connectivity index (χ1n) is 11.2. The Bertz CT molecular complexity index is 1240. The second kappa shape index (κ2) is 9.11. The summed E-state index contributed by atoms with van der Waals surface area (Å²) in [4.78, 5) is 13.1. The lowest BCUT2D eigenvalue weighted by Crippen LogP contribution is -2.28. The van der Waals surface area contributed by atoms with E-state index >= 15 is 0 Å². The van der Waals surface area contributed by atoms with Gasteiger partial charge in [0.15, 0.2) is 0 Å². The second-order valence-electron chi connectivity index (χ2n) is 9.41. The number of rotatable bonds is 6. The number of hydrogen-bond acceptors (Lipinski definition) is 4. The van der Waals surface area contributed by atoms with Gasteiger partial charge in [-0.3, -0.25) is 4.79 Å². The van der Waals surface area contributed by atoms with Crippen molar-refractivity contribution in [1.82, 2.24) is 14.1 Å². The summed E-state index contributed by atoms with van der Waals surface area (Å²) >= 11 is 0. The molecule has 2 aromatic carbocycles. The molecule has 33 heavy (non-hydrogen) atoms. The minimum atomic E-state index is -3.58. The van der Waals surface area contributed by atoms with Crippen molar-refractivity contribution in [1.29, 1.82) is 0 Å². The zero-order chi connectivity index (χ0) is 23.6. The molecule has 1 amide bonds. The molecule has 0 bridgehead atoms. The average molecular weight is 467 g/mol. The van der Waals surface area contributed by atoms with Crippen molar-refractivity contribution >= 4 is 21.7 Å². The fourth-order valence-corrected chi connectivity index (χ4v) is 5.48. The summed E-state index contributed by atoms with van der Waals surface area (Å²) in [5, 5.41) is 7.20. The summed E-state index contributed by atoms with van der Waals surface area (Å²) in [6, 6.07) is 16.3. The molecule has 0 aliphatic carbocycles. The van der Waals surface area contributed by atoms with Crippen molar-refractivity contribution in [3.8, 4) is 0 Å². The number of sulfonamides is 1. The molecule has 3 aromatic rings. The van der Waals surface area contributed by atoms with Crippen molar-refractivity contribution in [3.63, 3.8) is 0 Å². The topological polar surface area (TPSA) is 84.3 Å². The molecule has 0 radical (unpaired) electrons. The number of hydrogen-bond donors (Lipinski definition) is 1. The number of carbonyl (C=O) groups excluding carboxylic acids is 1. The Labute approximate surface area is 195 Å². The standard InChI is InChI=1S/C25H30N4O3S/c1-25(2,3)21-11-9-19(10-12-21)18-29-23(13-14-26-29)27-24(30)20-7-6-8-22(17-20)33(31,32)28-15-4-5-16-28/h6-14,17H,4-5,15-16,18H2,1-3H3,(H,27,30). The SMILES string of the molecule is CC(C)(C)c1ccc(Cn2nccc2NC(=O)c2cccc(S(=O)(=O)N3CCCC3)c2)cc1. The predicted molar refractivity (Wildman–Crippen MR) is 129 cm³/mol. The highest BCUT2D eigenvalue weighted by molar-refractivity contribution is 7.89. The van der Waals surface area contributed by atoms with Gasteiger partial charge in [-0.2, -0.15) is 9.40 Å². The van der Waals surface area contributed by atoms with Gasteiger partial charge < -0.3 is 5.32 Å². The van der Waals surface area contributed by atoms with Crippen LogP contribution in [0.3, 0.4) is 0 Å². The van der Waals surface area contributed by atoms with Gasteiger partial charge in [0.1, 0.15) is 5.82 Å². The van der Waals surface area contributed by atoms with Crippen LogP contribution in [0.25, 0.3) is 0 Å². The van der Waals surface area contributed by atoms with Crippen LogP contribution in [0, 0.1) is 0 Å². The molecular weight excluding hydrogens is 436 g/mol. The smallest absolute Gasteiger partial charge is 0.256 e. The van der Waals surface area contributed by atoms with Gasteiger partial charge in [0, 0.05) is 24.7 Å². The maximum absolute atomic E-state index is 12.9. The molecule has 8 heteroatoms. The maximum atomic E-state index is 12.9. The Kier molecular flexibility index (Phi) is 6.41. The second-order valence-corrected chi connectivity index (χ2v) is 11.4. The Balaban J connectivity index is 1.49. The number of aromatic nitrogens is 2. The molecule has 0 spiro atoms.